The van der Waals surface area contributed by atoms with Crippen LogP contribution in [0.4, 0.5) is 0 Å². The lowest BCUT2D eigenvalue weighted by Crippen LogP contribution is -2.20. The van der Waals surface area contributed by atoms with Gasteiger partial charge in [0.15, 0.2) is 0 Å². The van der Waals surface area contributed by atoms with Crippen LogP contribution in [-0.2, 0) is 4.74 Å². The molecule has 0 aliphatic rings. The Bertz CT molecular complexity index is 1150. The summed E-state index contributed by atoms with van der Waals surface area (Å²) in [5.41, 5.74) is 9.06. The largest absolute Gasteiger partial charge is 0.378 e. The summed E-state index contributed by atoms with van der Waals surface area (Å²) in [6, 6.07) is 0. The highest BCUT2D eigenvalue weighted by atomic mass is 16.5. The van der Waals surface area contributed by atoms with Gasteiger partial charge >= 0.3 is 0 Å². The molecule has 1 nitrogen and oxygen atoms in total. The molecule has 0 aliphatic carbocycles. The van der Waals surface area contributed by atoms with Crippen LogP contribution in [0.3, 0.4) is 0 Å². The summed E-state index contributed by atoms with van der Waals surface area (Å²) >= 11 is 0. The van der Waals surface area contributed by atoms with Gasteiger partial charge in [0, 0.05) is 7.11 Å². The van der Waals surface area contributed by atoms with Gasteiger partial charge in [0.05, 0.1) is 5.60 Å². The molecule has 0 aliphatic heterocycles. The first-order valence-corrected chi connectivity index (χ1v) is 15.4. The Morgan fingerprint density at radius 2 is 0.952 bits per heavy atom. The van der Waals surface area contributed by atoms with Crippen molar-refractivity contribution >= 4 is 0 Å². The van der Waals surface area contributed by atoms with E-state index in [2.05, 4.69) is 173 Å². The maximum Gasteiger partial charge on any atom is 0.0657 e. The summed E-state index contributed by atoms with van der Waals surface area (Å²) < 4.78 is 5.45. The van der Waals surface area contributed by atoms with Crippen molar-refractivity contribution in [3.8, 4) is 0 Å². The van der Waals surface area contributed by atoms with Crippen LogP contribution < -0.4 is 0 Å². The van der Waals surface area contributed by atoms with Crippen molar-refractivity contribution in [2.75, 3.05) is 7.11 Å². The summed E-state index contributed by atoms with van der Waals surface area (Å²) in [4.78, 5) is 0. The van der Waals surface area contributed by atoms with Crippen molar-refractivity contribution < 1.29 is 4.74 Å². The Morgan fingerprint density at radius 1 is 0.524 bits per heavy atom. The molecule has 0 atom stereocenters. The minimum absolute atomic E-state index is 0.118. The van der Waals surface area contributed by atoms with Crippen LogP contribution in [0.5, 0.6) is 0 Å². The molecule has 0 fully saturated rings. The molecule has 0 unspecified atom stereocenters. The highest BCUT2D eigenvalue weighted by Gasteiger charge is 2.12. The number of hydrogen-bond donors (Lipinski definition) is 0. The second-order valence-corrected chi connectivity index (χ2v) is 12.1. The highest BCUT2D eigenvalue weighted by molar-refractivity contribution is 5.32. The summed E-state index contributed by atoms with van der Waals surface area (Å²) in [5, 5.41) is 0. The van der Waals surface area contributed by atoms with E-state index in [0.29, 0.717) is 0 Å². The number of hydrogen-bond acceptors (Lipinski definition) is 1. The molecule has 0 saturated heterocycles. The summed E-state index contributed by atoms with van der Waals surface area (Å²) in [5.74, 6) is 0. The fraction of sp³-hybridized carbons (Fsp3) is 0.415. The number of allylic oxidation sites excluding steroid dienone is 23. The van der Waals surface area contributed by atoms with Crippen molar-refractivity contribution in [2.24, 2.45) is 0 Å². The monoisotopic (exact) mass is 568 g/mol. The fourth-order valence-electron chi connectivity index (χ4n) is 3.64. The van der Waals surface area contributed by atoms with Gasteiger partial charge in [-0.05, 0) is 101 Å². The molecule has 230 valence electrons. The molecule has 0 aromatic rings. The lowest BCUT2D eigenvalue weighted by atomic mass is 10.0. The van der Waals surface area contributed by atoms with Gasteiger partial charge in [-0.3, -0.25) is 0 Å². The molecule has 0 aromatic carbocycles. The van der Waals surface area contributed by atoms with Crippen LogP contribution in [0, 0.1) is 0 Å². The van der Waals surface area contributed by atoms with Crippen LogP contribution in [0.2, 0.25) is 0 Å². The molecule has 0 rings (SSSR count). The van der Waals surface area contributed by atoms with Crippen molar-refractivity contribution in [1.29, 1.82) is 0 Å². The van der Waals surface area contributed by atoms with E-state index in [1.54, 1.807) is 7.11 Å². The van der Waals surface area contributed by atoms with E-state index in [1.807, 2.05) is 0 Å². The van der Waals surface area contributed by atoms with Gasteiger partial charge in [0.25, 0.3) is 0 Å². The van der Waals surface area contributed by atoms with Crippen molar-refractivity contribution in [1.82, 2.24) is 0 Å². The molecular formula is C41H60O. The Hall–Kier alpha value is -3.16. The fourth-order valence-corrected chi connectivity index (χ4v) is 3.64. The molecule has 42 heavy (non-hydrogen) atoms. The first-order chi connectivity index (χ1) is 19.8. The van der Waals surface area contributed by atoms with Crippen molar-refractivity contribution in [2.45, 2.75) is 107 Å². The lowest BCUT2D eigenvalue weighted by Gasteiger charge is -2.20. The molecule has 0 spiro atoms. The number of methoxy groups -OCH3 is 1. The SMILES string of the molecule is COC(C)(C)C/C=C/C(C)=C/C=C/C(C)=C/C=C/C(C)=C/C=C/C=C(C)/C=C/C=C(/C)CC/C=C(\C)CCC=C(C)C. The zero-order valence-electron chi connectivity index (χ0n) is 28.8. The maximum atomic E-state index is 5.45. The molecule has 0 N–H and O–H groups in total. The van der Waals surface area contributed by atoms with Gasteiger partial charge in [0.1, 0.15) is 0 Å². The second-order valence-electron chi connectivity index (χ2n) is 12.1. The van der Waals surface area contributed by atoms with Gasteiger partial charge in [-0.1, -0.05) is 142 Å². The molecule has 0 amide bonds. The zero-order valence-corrected chi connectivity index (χ0v) is 28.8. The zero-order chi connectivity index (χ0) is 31.8. The van der Waals surface area contributed by atoms with E-state index >= 15 is 0 Å². The Kier molecular flexibility index (Phi) is 21.6. The quantitative estimate of drug-likeness (QED) is 0.118. The van der Waals surface area contributed by atoms with E-state index < -0.39 is 0 Å². The van der Waals surface area contributed by atoms with Crippen LogP contribution in [0.1, 0.15) is 101 Å². The van der Waals surface area contributed by atoms with E-state index in [1.165, 1.54) is 39.0 Å². The van der Waals surface area contributed by atoms with E-state index in [9.17, 15) is 0 Å². The van der Waals surface area contributed by atoms with Crippen LogP contribution in [-0.4, -0.2) is 12.7 Å². The predicted molar refractivity (Wildman–Crippen MR) is 192 cm³/mol. The molecule has 0 bridgehead atoms. The lowest BCUT2D eigenvalue weighted by molar-refractivity contribution is 0.0255. The third kappa shape index (κ3) is 24.6. The first kappa shape index (κ1) is 38.8. The average Bonchev–Trinajstić information content (AvgIpc) is 2.91. The summed E-state index contributed by atoms with van der Waals surface area (Å²) in [7, 11) is 1.76. The molecular weight excluding hydrogens is 508 g/mol. The maximum absolute atomic E-state index is 5.45. The third-order valence-corrected chi connectivity index (χ3v) is 6.67. The molecule has 1 heteroatoms. The number of ether oxygens (including phenoxy) is 1. The Balaban J connectivity index is 4.66. The predicted octanol–water partition coefficient (Wildman–Crippen LogP) is 12.8. The van der Waals surface area contributed by atoms with Crippen molar-refractivity contribution in [3.63, 3.8) is 0 Å². The van der Waals surface area contributed by atoms with Gasteiger partial charge in [-0.2, -0.15) is 0 Å². The average molecular weight is 569 g/mol. The van der Waals surface area contributed by atoms with Gasteiger partial charge in [-0.25, -0.2) is 0 Å². The van der Waals surface area contributed by atoms with E-state index in [4.69, 9.17) is 4.74 Å². The molecule has 0 heterocycles. The Labute approximate surface area is 260 Å². The van der Waals surface area contributed by atoms with Crippen LogP contribution in [0.15, 0.2) is 142 Å². The van der Waals surface area contributed by atoms with Gasteiger partial charge in [-0.15, -0.1) is 0 Å². The van der Waals surface area contributed by atoms with Crippen molar-refractivity contribution in [3.05, 3.63) is 142 Å². The van der Waals surface area contributed by atoms with Gasteiger partial charge < -0.3 is 4.74 Å². The third-order valence-electron chi connectivity index (χ3n) is 6.67. The Morgan fingerprint density at radius 3 is 1.45 bits per heavy atom. The minimum Gasteiger partial charge on any atom is -0.378 e. The summed E-state index contributed by atoms with van der Waals surface area (Å²) in [6.45, 7) is 21.5. The number of rotatable bonds is 18. The smallest absolute Gasteiger partial charge is 0.0657 e. The topological polar surface area (TPSA) is 9.23 Å². The molecule has 0 aromatic heterocycles. The van der Waals surface area contributed by atoms with E-state index in [-0.39, 0.29) is 5.60 Å². The van der Waals surface area contributed by atoms with Crippen LogP contribution in [0.25, 0.3) is 0 Å². The minimum atomic E-state index is -0.118. The normalized spacial score (nSPS) is 15.5. The summed E-state index contributed by atoms with van der Waals surface area (Å²) in [6.07, 6.45) is 42.2. The van der Waals surface area contributed by atoms with Gasteiger partial charge in [0.2, 0.25) is 0 Å². The van der Waals surface area contributed by atoms with Crippen LogP contribution >= 0.6 is 0 Å². The second kappa shape index (κ2) is 23.4. The molecule has 0 saturated carbocycles. The first-order valence-electron chi connectivity index (χ1n) is 15.4. The molecule has 0 radical (unpaired) electrons. The highest BCUT2D eigenvalue weighted by Crippen LogP contribution is 2.14. The van der Waals surface area contributed by atoms with E-state index in [0.717, 1.165) is 32.1 Å². The standard InChI is InChI=1S/C41H60O/c1-34(2)20-14-23-37(5)26-17-29-38(6)27-15-24-35(3)21-12-13-22-36(4)25-16-28-39(7)30-18-31-40(8)32-19-33-41(9,10)42-11/h12-13,15-16,18-22,24-28,30-32H,14,17,23,29,33H2,1-11H3/b13-12+,24-15+,25-16+,30-18+,32-19+,35-21+,36-22+,37-26+,38-27-,39-28+,40-31+.